The summed E-state index contributed by atoms with van der Waals surface area (Å²) < 4.78 is 0. The minimum Gasteiger partial charge on any atom is -0.423 e. The summed E-state index contributed by atoms with van der Waals surface area (Å²) in [5, 5.41) is 18.4. The van der Waals surface area contributed by atoms with Crippen LogP contribution in [0.4, 0.5) is 0 Å². The molecule has 2 N–H and O–H groups in total. The number of benzene rings is 1. The highest BCUT2D eigenvalue weighted by atomic mass is 16.4. The van der Waals surface area contributed by atoms with E-state index >= 15 is 0 Å². The van der Waals surface area contributed by atoms with Gasteiger partial charge in [0.25, 0.3) is 0 Å². The Bertz CT molecular complexity index is 358. The molecular weight excluding hydrogens is 198 g/mol. The third-order valence-corrected chi connectivity index (χ3v) is 2.49. The first-order valence-corrected chi connectivity index (χ1v) is 5.54. The summed E-state index contributed by atoms with van der Waals surface area (Å²) in [5.41, 5.74) is 3.91. The van der Waals surface area contributed by atoms with Crippen molar-refractivity contribution in [3.8, 4) is 0 Å². The van der Waals surface area contributed by atoms with Crippen LogP contribution in [-0.2, 0) is 0 Å². The quantitative estimate of drug-likeness (QED) is 0.709. The van der Waals surface area contributed by atoms with Gasteiger partial charge in [-0.25, -0.2) is 0 Å². The molecule has 1 aromatic rings. The molecule has 0 saturated heterocycles. The standard InChI is InChI=1S/C12H19B2O2/c1-8-6-10(14(15)16)7-9(2)11(8)13-12(3,4)5/h6-7,15-16H,1-5H3. The van der Waals surface area contributed by atoms with Gasteiger partial charge in [-0.05, 0) is 19.3 Å². The summed E-state index contributed by atoms with van der Waals surface area (Å²) in [6.45, 7) is 10.5. The molecule has 0 bridgehead atoms. The fraction of sp³-hybridized carbons (Fsp3) is 0.500. The second kappa shape index (κ2) is 4.64. The molecule has 0 heterocycles. The van der Waals surface area contributed by atoms with Crippen LogP contribution < -0.4 is 10.9 Å². The summed E-state index contributed by atoms with van der Waals surface area (Å²) in [4.78, 5) is 0. The minimum absolute atomic E-state index is 0.120. The van der Waals surface area contributed by atoms with E-state index in [9.17, 15) is 0 Å². The van der Waals surface area contributed by atoms with Crippen molar-refractivity contribution in [3.63, 3.8) is 0 Å². The average molecular weight is 217 g/mol. The minimum atomic E-state index is -1.39. The molecule has 1 rings (SSSR count). The Hall–Kier alpha value is -0.730. The highest BCUT2D eigenvalue weighted by Crippen LogP contribution is 2.20. The molecule has 0 aliphatic heterocycles. The van der Waals surface area contributed by atoms with Gasteiger partial charge in [-0.2, -0.15) is 0 Å². The van der Waals surface area contributed by atoms with E-state index in [2.05, 4.69) is 28.1 Å². The summed E-state index contributed by atoms with van der Waals surface area (Å²) >= 11 is 0. The molecule has 0 atom stereocenters. The zero-order valence-corrected chi connectivity index (χ0v) is 10.7. The van der Waals surface area contributed by atoms with Gasteiger partial charge in [0, 0.05) is 0 Å². The maximum atomic E-state index is 9.14. The Morgan fingerprint density at radius 3 is 1.81 bits per heavy atom. The summed E-state index contributed by atoms with van der Waals surface area (Å²) in [6.07, 6.45) is 0. The van der Waals surface area contributed by atoms with E-state index < -0.39 is 7.12 Å². The normalized spacial score (nSPS) is 11.4. The van der Waals surface area contributed by atoms with E-state index in [0.717, 1.165) is 11.1 Å². The Balaban J connectivity index is 3.13. The van der Waals surface area contributed by atoms with Crippen molar-refractivity contribution in [1.82, 2.24) is 0 Å². The van der Waals surface area contributed by atoms with E-state index in [1.807, 2.05) is 26.0 Å². The highest BCUT2D eigenvalue weighted by Gasteiger charge is 2.19. The third-order valence-electron chi connectivity index (χ3n) is 2.49. The number of rotatable bonds is 2. The largest absolute Gasteiger partial charge is 0.488 e. The maximum absolute atomic E-state index is 9.14. The van der Waals surface area contributed by atoms with Gasteiger partial charge in [-0.3, -0.25) is 0 Å². The van der Waals surface area contributed by atoms with Gasteiger partial charge < -0.3 is 10.0 Å². The maximum Gasteiger partial charge on any atom is 0.488 e. The third kappa shape index (κ3) is 3.39. The predicted octanol–water partition coefficient (Wildman–Crippen LogP) is 0.531. The molecular formula is C12H19B2O2. The molecule has 4 heteroatoms. The van der Waals surface area contributed by atoms with E-state index in [0.29, 0.717) is 5.46 Å². The van der Waals surface area contributed by atoms with Crippen molar-refractivity contribution in [2.75, 3.05) is 0 Å². The van der Waals surface area contributed by atoms with Crippen molar-refractivity contribution in [3.05, 3.63) is 23.3 Å². The summed E-state index contributed by atoms with van der Waals surface area (Å²) in [6, 6.07) is 3.66. The lowest BCUT2D eigenvalue weighted by Gasteiger charge is -2.20. The van der Waals surface area contributed by atoms with E-state index in [4.69, 9.17) is 10.0 Å². The predicted molar refractivity (Wildman–Crippen MR) is 70.8 cm³/mol. The highest BCUT2D eigenvalue weighted by molar-refractivity contribution is 6.60. The zero-order chi connectivity index (χ0) is 12.5. The van der Waals surface area contributed by atoms with E-state index in [1.54, 1.807) is 0 Å². The molecule has 1 radical (unpaired) electrons. The van der Waals surface area contributed by atoms with Crippen LogP contribution in [0.5, 0.6) is 0 Å². The van der Waals surface area contributed by atoms with Crippen LogP contribution in [-0.4, -0.2) is 24.4 Å². The summed E-state index contributed by atoms with van der Waals surface area (Å²) in [7, 11) is 0.826. The van der Waals surface area contributed by atoms with Gasteiger partial charge in [0.15, 0.2) is 7.28 Å². The lowest BCUT2D eigenvalue weighted by atomic mass is 9.49. The molecule has 16 heavy (non-hydrogen) atoms. The van der Waals surface area contributed by atoms with Gasteiger partial charge in [0.1, 0.15) is 0 Å². The molecule has 85 valence electrons. The summed E-state index contributed by atoms with van der Waals surface area (Å²) in [5.74, 6) is 0. The topological polar surface area (TPSA) is 40.5 Å². The van der Waals surface area contributed by atoms with Crippen molar-refractivity contribution < 1.29 is 10.0 Å². The van der Waals surface area contributed by atoms with Crippen molar-refractivity contribution >= 4 is 25.3 Å². The molecule has 0 fully saturated rings. The van der Waals surface area contributed by atoms with Crippen molar-refractivity contribution in [1.29, 1.82) is 0 Å². The van der Waals surface area contributed by atoms with Crippen LogP contribution in [0, 0.1) is 13.8 Å². The fourth-order valence-corrected chi connectivity index (χ4v) is 1.82. The molecule has 0 aromatic heterocycles. The Morgan fingerprint density at radius 1 is 1.06 bits per heavy atom. The molecule has 0 spiro atoms. The van der Waals surface area contributed by atoms with Crippen LogP contribution in [0.3, 0.4) is 0 Å². The Labute approximate surface area is 99.1 Å². The van der Waals surface area contributed by atoms with Crippen LogP contribution in [0.25, 0.3) is 0 Å². The van der Waals surface area contributed by atoms with Crippen molar-refractivity contribution in [2.45, 2.75) is 39.9 Å². The first kappa shape index (κ1) is 13.3. The smallest absolute Gasteiger partial charge is 0.423 e. The van der Waals surface area contributed by atoms with Crippen molar-refractivity contribution in [2.24, 2.45) is 0 Å². The van der Waals surface area contributed by atoms with E-state index in [1.165, 1.54) is 5.46 Å². The molecule has 0 amide bonds. The SMILES string of the molecule is Cc1cc(B(O)O)cc(C)c1[B]C(C)(C)C. The van der Waals surface area contributed by atoms with Gasteiger partial charge in [-0.1, -0.05) is 54.8 Å². The lowest BCUT2D eigenvalue weighted by Crippen LogP contribution is -2.35. The van der Waals surface area contributed by atoms with Gasteiger partial charge in [0.05, 0.1) is 0 Å². The monoisotopic (exact) mass is 217 g/mol. The second-order valence-corrected chi connectivity index (χ2v) is 5.45. The Morgan fingerprint density at radius 2 is 1.50 bits per heavy atom. The first-order valence-electron chi connectivity index (χ1n) is 5.54. The van der Waals surface area contributed by atoms with Gasteiger partial charge in [0.2, 0.25) is 0 Å². The van der Waals surface area contributed by atoms with Crippen LogP contribution in [0.1, 0.15) is 31.9 Å². The van der Waals surface area contributed by atoms with Gasteiger partial charge in [-0.15, -0.1) is 0 Å². The van der Waals surface area contributed by atoms with Crippen LogP contribution in [0.2, 0.25) is 5.31 Å². The number of hydrogen-bond acceptors (Lipinski definition) is 2. The molecule has 0 saturated carbocycles. The van der Waals surface area contributed by atoms with E-state index in [-0.39, 0.29) is 5.31 Å². The lowest BCUT2D eigenvalue weighted by molar-refractivity contribution is 0.425. The number of hydrogen-bond donors (Lipinski definition) is 2. The molecule has 0 aliphatic rings. The van der Waals surface area contributed by atoms with Crippen LogP contribution in [0.15, 0.2) is 12.1 Å². The fourth-order valence-electron chi connectivity index (χ4n) is 1.82. The average Bonchev–Trinajstić information content (AvgIpc) is 2.09. The second-order valence-electron chi connectivity index (χ2n) is 5.45. The van der Waals surface area contributed by atoms with Gasteiger partial charge >= 0.3 is 7.12 Å². The first-order chi connectivity index (χ1) is 7.20. The molecule has 0 aliphatic carbocycles. The van der Waals surface area contributed by atoms with Crippen LogP contribution >= 0.6 is 0 Å². The molecule has 1 aromatic carbocycles. The number of aryl methyl sites for hydroxylation is 2. The Kier molecular flexibility index (Phi) is 3.87. The molecule has 2 nitrogen and oxygen atoms in total. The molecule has 0 unspecified atom stereocenters. The zero-order valence-electron chi connectivity index (χ0n) is 10.7.